The Morgan fingerprint density at radius 3 is 2.84 bits per heavy atom. The van der Waals surface area contributed by atoms with Crippen molar-refractivity contribution in [1.82, 2.24) is 0 Å². The summed E-state index contributed by atoms with van der Waals surface area (Å²) in [5.74, 6) is 0.541. The van der Waals surface area contributed by atoms with E-state index >= 15 is 0 Å². The molecule has 1 aliphatic heterocycles. The van der Waals surface area contributed by atoms with Crippen LogP contribution in [0, 0.1) is 0 Å². The van der Waals surface area contributed by atoms with E-state index in [9.17, 15) is 9.59 Å². The molecule has 1 aliphatic rings. The lowest BCUT2D eigenvalue weighted by atomic mass is 9.93. The number of hydrogen-bond acceptors (Lipinski definition) is 5. The van der Waals surface area contributed by atoms with Crippen LogP contribution >= 0.6 is 0 Å². The van der Waals surface area contributed by atoms with E-state index in [0.29, 0.717) is 23.5 Å². The molecule has 0 saturated heterocycles. The molecule has 5 heteroatoms. The highest BCUT2D eigenvalue weighted by atomic mass is 16.6. The molecule has 0 spiro atoms. The average molecular weight is 264 g/mol. The smallest absolute Gasteiger partial charge is 0.343 e. The first kappa shape index (κ1) is 13.4. The maximum atomic E-state index is 11.9. The molecular formula is C14H16O5. The van der Waals surface area contributed by atoms with Crippen molar-refractivity contribution in [2.24, 2.45) is 0 Å². The van der Waals surface area contributed by atoms with E-state index in [1.54, 1.807) is 18.2 Å². The summed E-state index contributed by atoms with van der Waals surface area (Å²) in [5.41, 5.74) is 0.0233. The number of carbonyl (C=O) groups is 2. The summed E-state index contributed by atoms with van der Waals surface area (Å²) in [6.07, 6.45) is 0.350. The van der Waals surface area contributed by atoms with Gasteiger partial charge in [0.1, 0.15) is 17.1 Å². The van der Waals surface area contributed by atoms with Gasteiger partial charge < -0.3 is 14.2 Å². The predicted octanol–water partition coefficient (Wildman–Crippen LogP) is 1.98. The lowest BCUT2D eigenvalue weighted by molar-refractivity contribution is -0.142. The molecule has 0 radical (unpaired) electrons. The number of hydrogen-bond donors (Lipinski definition) is 0. The molecule has 0 bridgehead atoms. The zero-order valence-corrected chi connectivity index (χ0v) is 11.2. The van der Waals surface area contributed by atoms with Gasteiger partial charge in [-0.1, -0.05) is 0 Å². The van der Waals surface area contributed by atoms with Gasteiger partial charge in [-0.25, -0.2) is 4.79 Å². The molecule has 5 nitrogen and oxygen atoms in total. The third-order valence-electron chi connectivity index (χ3n) is 2.81. The van der Waals surface area contributed by atoms with Crippen LogP contribution in [0.15, 0.2) is 18.2 Å². The number of benzene rings is 1. The maximum absolute atomic E-state index is 11.9. The summed E-state index contributed by atoms with van der Waals surface area (Å²) in [6.45, 7) is 3.54. The van der Waals surface area contributed by atoms with E-state index in [2.05, 4.69) is 4.74 Å². The second-order valence-electron chi connectivity index (χ2n) is 4.98. The second kappa shape index (κ2) is 4.91. The van der Waals surface area contributed by atoms with Gasteiger partial charge in [-0.2, -0.15) is 0 Å². The van der Waals surface area contributed by atoms with E-state index in [1.165, 1.54) is 7.11 Å². The van der Waals surface area contributed by atoms with Crippen LogP contribution in [0.2, 0.25) is 0 Å². The minimum absolute atomic E-state index is 0.0470. The van der Waals surface area contributed by atoms with Crippen molar-refractivity contribution in [2.75, 3.05) is 13.7 Å². The lowest BCUT2D eigenvalue weighted by Crippen LogP contribution is -2.35. The van der Waals surface area contributed by atoms with E-state index in [-0.39, 0.29) is 12.4 Å². The minimum atomic E-state index is -0.523. The van der Waals surface area contributed by atoms with Crippen LogP contribution in [0.25, 0.3) is 0 Å². The molecule has 0 fully saturated rings. The monoisotopic (exact) mass is 264 g/mol. The normalized spacial score (nSPS) is 16.3. The molecule has 0 N–H and O–H groups in total. The Bertz CT molecular complexity index is 519. The van der Waals surface area contributed by atoms with E-state index < -0.39 is 11.6 Å². The van der Waals surface area contributed by atoms with Gasteiger partial charge in [-0.15, -0.1) is 0 Å². The van der Waals surface area contributed by atoms with Crippen LogP contribution in [-0.4, -0.2) is 31.1 Å². The molecular weight excluding hydrogens is 248 g/mol. The third kappa shape index (κ3) is 3.05. The van der Waals surface area contributed by atoms with Crippen LogP contribution < -0.4 is 9.47 Å². The van der Waals surface area contributed by atoms with Crippen molar-refractivity contribution in [3.05, 3.63) is 23.8 Å². The molecule has 19 heavy (non-hydrogen) atoms. The molecule has 2 rings (SSSR count). The van der Waals surface area contributed by atoms with E-state index in [4.69, 9.17) is 9.47 Å². The summed E-state index contributed by atoms with van der Waals surface area (Å²) >= 11 is 0. The number of ketones is 1. The van der Waals surface area contributed by atoms with Crippen LogP contribution in [0.4, 0.5) is 0 Å². The molecule has 0 aromatic heterocycles. The van der Waals surface area contributed by atoms with Gasteiger partial charge in [-0.05, 0) is 26.0 Å². The maximum Gasteiger partial charge on any atom is 0.343 e. The molecule has 0 atom stereocenters. The molecule has 0 saturated carbocycles. The summed E-state index contributed by atoms with van der Waals surface area (Å²) in [5, 5.41) is 0. The Morgan fingerprint density at radius 1 is 1.42 bits per heavy atom. The highest BCUT2D eigenvalue weighted by Crippen LogP contribution is 2.35. The van der Waals surface area contributed by atoms with Crippen molar-refractivity contribution >= 4 is 11.8 Å². The molecule has 0 unspecified atom stereocenters. The fraction of sp³-hybridized carbons (Fsp3) is 0.429. The lowest BCUT2D eigenvalue weighted by Gasteiger charge is -2.31. The first-order valence-corrected chi connectivity index (χ1v) is 5.97. The predicted molar refractivity (Wildman–Crippen MR) is 67.6 cm³/mol. The standard InChI is InChI=1S/C14H16O5/c1-14(2)7-11(15)10-5-4-9(6-12(10)19-14)18-8-13(16)17-3/h4-6H,7-8H2,1-3H3. The van der Waals surface area contributed by atoms with Crippen LogP contribution in [-0.2, 0) is 9.53 Å². The first-order valence-electron chi connectivity index (χ1n) is 5.97. The number of Topliss-reactive ketones (excluding diaryl/α,β-unsaturated/α-hetero) is 1. The number of ether oxygens (including phenoxy) is 3. The number of methoxy groups -OCH3 is 1. The van der Waals surface area contributed by atoms with Crippen molar-refractivity contribution in [1.29, 1.82) is 0 Å². The summed E-state index contributed by atoms with van der Waals surface area (Å²) in [6, 6.07) is 4.91. The van der Waals surface area contributed by atoms with Gasteiger partial charge >= 0.3 is 5.97 Å². The Hall–Kier alpha value is -2.04. The van der Waals surface area contributed by atoms with Gasteiger partial charge in [-0.3, -0.25) is 4.79 Å². The second-order valence-corrected chi connectivity index (χ2v) is 4.98. The summed E-state index contributed by atoms with van der Waals surface area (Å²) in [7, 11) is 1.29. The van der Waals surface area contributed by atoms with E-state index in [0.717, 1.165) is 0 Å². The minimum Gasteiger partial charge on any atom is -0.486 e. The number of fused-ring (bicyclic) bond motifs is 1. The fourth-order valence-corrected chi connectivity index (χ4v) is 1.92. The molecule has 1 aromatic carbocycles. The number of esters is 1. The van der Waals surface area contributed by atoms with Crippen LogP contribution in [0.5, 0.6) is 11.5 Å². The largest absolute Gasteiger partial charge is 0.486 e. The Labute approximate surface area is 111 Å². The van der Waals surface area contributed by atoms with Crippen molar-refractivity contribution in [3.8, 4) is 11.5 Å². The highest BCUT2D eigenvalue weighted by Gasteiger charge is 2.32. The average Bonchev–Trinajstić information content (AvgIpc) is 2.33. The van der Waals surface area contributed by atoms with Gasteiger partial charge in [0.15, 0.2) is 12.4 Å². The van der Waals surface area contributed by atoms with Crippen molar-refractivity contribution in [2.45, 2.75) is 25.9 Å². The van der Waals surface area contributed by atoms with Crippen molar-refractivity contribution in [3.63, 3.8) is 0 Å². The van der Waals surface area contributed by atoms with Gasteiger partial charge in [0, 0.05) is 6.07 Å². The zero-order valence-electron chi connectivity index (χ0n) is 11.2. The Balaban J connectivity index is 2.19. The summed E-state index contributed by atoms with van der Waals surface area (Å²) < 4.78 is 15.5. The fourth-order valence-electron chi connectivity index (χ4n) is 1.92. The Kier molecular flexibility index (Phi) is 3.46. The van der Waals surface area contributed by atoms with Crippen LogP contribution in [0.1, 0.15) is 30.6 Å². The van der Waals surface area contributed by atoms with Crippen molar-refractivity contribution < 1.29 is 23.8 Å². The number of carbonyl (C=O) groups excluding carboxylic acids is 2. The third-order valence-corrected chi connectivity index (χ3v) is 2.81. The quantitative estimate of drug-likeness (QED) is 0.781. The molecule has 0 aliphatic carbocycles. The first-order chi connectivity index (χ1) is 8.91. The number of rotatable bonds is 3. The van der Waals surface area contributed by atoms with Gasteiger partial charge in [0.25, 0.3) is 0 Å². The summed E-state index contributed by atoms with van der Waals surface area (Å²) in [4.78, 5) is 22.9. The SMILES string of the molecule is COC(=O)COc1ccc2c(c1)OC(C)(C)CC2=O. The topological polar surface area (TPSA) is 61.8 Å². The molecule has 102 valence electrons. The molecule has 1 heterocycles. The van der Waals surface area contributed by atoms with Crippen LogP contribution in [0.3, 0.4) is 0 Å². The molecule has 0 amide bonds. The Morgan fingerprint density at radius 2 is 2.16 bits per heavy atom. The van der Waals surface area contributed by atoms with Gasteiger partial charge in [0.2, 0.25) is 0 Å². The zero-order chi connectivity index (χ0) is 14.0. The molecule has 1 aromatic rings. The highest BCUT2D eigenvalue weighted by molar-refractivity contribution is 6.00. The van der Waals surface area contributed by atoms with Gasteiger partial charge in [0.05, 0.1) is 19.1 Å². The van der Waals surface area contributed by atoms with E-state index in [1.807, 2.05) is 13.8 Å².